The van der Waals surface area contributed by atoms with Gasteiger partial charge in [-0.05, 0) is 195 Å². The number of alkyl carbamates (subject to hydrolysis) is 1. The van der Waals surface area contributed by atoms with Gasteiger partial charge in [0.05, 0.1) is 102 Å². The number of carbonyl (C=O) groups is 5. The van der Waals surface area contributed by atoms with Crippen LogP contribution in [-0.4, -0.2) is 224 Å². The number of ether oxygens (including phenoxy) is 6. The van der Waals surface area contributed by atoms with E-state index in [4.69, 9.17) is 39.3 Å². The Kier molecular flexibility index (Phi) is 63.9. The predicted molar refractivity (Wildman–Crippen MR) is 556 cm³/mol. The number of carboxylic acids is 2. The van der Waals surface area contributed by atoms with E-state index in [0.717, 1.165) is 133 Å². The zero-order chi connectivity index (χ0) is 102. The van der Waals surface area contributed by atoms with Gasteiger partial charge in [0.2, 0.25) is 40.1 Å². The van der Waals surface area contributed by atoms with Crippen LogP contribution in [0.15, 0.2) is 253 Å². The third-order valence-corrected chi connectivity index (χ3v) is 26.4. The summed E-state index contributed by atoms with van der Waals surface area (Å²) in [5.41, 5.74) is 7.51. The first-order valence-corrected chi connectivity index (χ1v) is 53.5. The van der Waals surface area contributed by atoms with E-state index in [-0.39, 0.29) is 115 Å². The summed E-state index contributed by atoms with van der Waals surface area (Å²) < 4.78 is 145. The number of unbranched alkanes of at least 4 members (excludes halogenated alkanes) is 4. The predicted octanol–water partition coefficient (Wildman–Crippen LogP) is 9.57. The minimum atomic E-state index is -3.95. The minimum Gasteiger partial charge on any atom is -0.870 e. The second-order valence-electron chi connectivity index (χ2n) is 32.3. The maximum Gasteiger partial charge on any atom is 1.00 e. The molecule has 0 saturated carbocycles. The standard InChI is InChI=1S/2C23H30N4O5S.C21H28N2O5S.C17H19NO5S.C9H19NO3.C5H10N2S.CH4.ClH.Li.H2O/c2*28-22(29)17-21(18-8-2-1-3-9-18)27-33(30,31)20-11-6-10-19(16-20)32-15-5-4-12-24-23-25-13-7-14-26-23;1-2-27-21(24)16-20(17-9-4-3-5-10-17)23-29(25,26)19-12-8-11-18(15-19)28-14-7-6-13-22;1-2-23-17(20)12-16(13-7-4-3-5-8-13)18-24(21,22)15-10-6-9-14(19)11-15;1-9(2,3)13-8(12)10-6-4-5-7-11;1-8-5-6-3-2-4-7-5;;;;/h2*1-3,6,8-11,16,21,27H,4-5,7,12-15,17H2,(H,28,29)(H2,24,25,26);3-5,8-12,15,20,23H,2,6-7,13-14,16,22H2,1H3;3-11,16,18-19H,2,12H2,1H3;11H,4-7H2,1-3H3,(H,10,12);2-4H2,1H3,(H,6,7);1H4;1H;;1H2/q;;;;;;;;+1;/p-1. The monoisotopic (exact) mass is 2110 g/mol. The van der Waals surface area contributed by atoms with Crippen LogP contribution in [0.4, 0.5) is 4.79 Å². The second kappa shape index (κ2) is 71.4. The summed E-state index contributed by atoms with van der Waals surface area (Å²) in [5.74, 6) is -0.281. The summed E-state index contributed by atoms with van der Waals surface area (Å²) >= 11 is 1.68. The van der Waals surface area contributed by atoms with Gasteiger partial charge in [0, 0.05) is 83.7 Å². The van der Waals surface area contributed by atoms with Gasteiger partial charge < -0.3 is 92.0 Å². The van der Waals surface area contributed by atoms with Gasteiger partial charge in [0.25, 0.3) is 0 Å². The molecular weight excluding hydrogens is 1970 g/mol. The number of aliphatic hydroxyl groups is 1. The van der Waals surface area contributed by atoms with Crippen molar-refractivity contribution >= 4 is 111 Å². The van der Waals surface area contributed by atoms with Gasteiger partial charge in [-0.1, -0.05) is 165 Å². The molecule has 1 amide bonds. The number of rotatable bonds is 47. The molecule has 3 aliphatic heterocycles. The Labute approximate surface area is 870 Å². The van der Waals surface area contributed by atoms with Crippen LogP contribution in [0.25, 0.3) is 0 Å². The van der Waals surface area contributed by atoms with Crippen LogP contribution >= 0.6 is 24.2 Å². The molecule has 0 aromatic heterocycles. The molecular formula is C99H142ClLiN14O24S5. The number of hydrogen-bond acceptors (Lipinski definition) is 32. The molecule has 144 heavy (non-hydrogen) atoms. The number of phenols is 1. The van der Waals surface area contributed by atoms with Gasteiger partial charge in [0.1, 0.15) is 28.6 Å². The number of aliphatic carboxylic acids is 2. The van der Waals surface area contributed by atoms with Gasteiger partial charge in [0.15, 0.2) is 17.1 Å². The molecule has 0 radical (unpaired) electrons. The number of benzene rings is 8. The number of halogens is 1. The number of carboxylic acid groups (broad SMARTS) is 2. The van der Waals surface area contributed by atoms with Gasteiger partial charge in [-0.2, -0.15) is 0 Å². The Morgan fingerprint density at radius 2 is 0.771 bits per heavy atom. The van der Waals surface area contributed by atoms with Crippen molar-refractivity contribution in [2.45, 2.75) is 188 Å². The van der Waals surface area contributed by atoms with Crippen molar-refractivity contribution in [3.63, 3.8) is 0 Å². The number of aliphatic hydroxyl groups excluding tert-OH is 1. The smallest absolute Gasteiger partial charge is 0.870 e. The first-order chi connectivity index (χ1) is 67.1. The number of guanidine groups is 2. The number of carbonyl (C=O) groups excluding carboxylic acids is 3. The van der Waals surface area contributed by atoms with Crippen LogP contribution < -0.4 is 89.6 Å². The van der Waals surface area contributed by atoms with E-state index in [9.17, 15) is 73.0 Å². The number of nitrogens with zero attached hydrogens (tertiary/aromatic N) is 3. The topological polar surface area (TPSA) is 572 Å². The van der Waals surface area contributed by atoms with Crippen molar-refractivity contribution in [2.24, 2.45) is 20.7 Å². The van der Waals surface area contributed by atoms with Crippen LogP contribution in [0.2, 0.25) is 0 Å². The zero-order valence-electron chi connectivity index (χ0n) is 81.9. The van der Waals surface area contributed by atoms with E-state index in [1.54, 1.807) is 177 Å². The number of amidine groups is 1. The fraction of sp³-hybridized carbons (Fsp3) is 0.434. The first kappa shape index (κ1) is 129. The second-order valence-corrected chi connectivity index (χ2v) is 40.0. The number of phenolic OH excluding ortho intramolecular Hbond substituents is 1. The maximum absolute atomic E-state index is 12.9. The normalized spacial score (nSPS) is 13.3. The van der Waals surface area contributed by atoms with E-state index >= 15 is 0 Å². The van der Waals surface area contributed by atoms with Gasteiger partial charge in [-0.25, -0.2) is 57.4 Å². The average Bonchev–Trinajstić information content (AvgIpc) is 0.819. The van der Waals surface area contributed by atoms with E-state index in [1.807, 2.05) is 33.1 Å². The molecule has 17 N–H and O–H groups in total. The van der Waals surface area contributed by atoms with Crippen LogP contribution in [-0.2, 0) is 73.5 Å². The SMILES string of the molecule is C.CC(C)(C)OC(=O)NCCCCO.CCOC(=O)CC(NS(=O)(=O)c1cccc(O)c1)c1ccccc1.CCOC(=O)CC(NS(=O)(=O)c1cccc(OCCCCN)c1)c1ccccc1.CSC1=NCCCN1.Cl.O=C(O)CC(NS(=O)(=O)c1cccc(OCCCCNC2=NCCCN2)c1)c1ccccc1.O=C(O)CC(NS(=O)(=O)c1cccc(OCCCCNC2=NCCCN2)c1)c1ccccc1.[Li+].[OH-]. The molecule has 0 fully saturated rings. The molecule has 45 heteroatoms. The molecule has 790 valence electrons. The van der Waals surface area contributed by atoms with E-state index in [1.165, 1.54) is 61.0 Å². The summed E-state index contributed by atoms with van der Waals surface area (Å²) in [4.78, 5) is 70.3. The van der Waals surface area contributed by atoms with Crippen molar-refractivity contribution in [3.8, 4) is 23.0 Å². The Morgan fingerprint density at radius 1 is 0.444 bits per heavy atom. The molecule has 8 aromatic rings. The molecule has 0 bridgehead atoms. The number of aromatic hydroxyl groups is 1. The van der Waals surface area contributed by atoms with E-state index < -0.39 is 99.8 Å². The number of sulfonamides is 4. The minimum absolute atomic E-state index is 0. The van der Waals surface area contributed by atoms with Crippen LogP contribution in [0.3, 0.4) is 0 Å². The molecule has 3 aliphatic rings. The summed E-state index contributed by atoms with van der Waals surface area (Å²) in [6, 6.07) is 55.8. The van der Waals surface area contributed by atoms with Crippen LogP contribution in [0, 0.1) is 0 Å². The number of aliphatic imine (C=N–C) groups is 3. The van der Waals surface area contributed by atoms with Crippen LogP contribution in [0.1, 0.15) is 185 Å². The average molecular weight is 2120 g/mol. The van der Waals surface area contributed by atoms with Crippen molar-refractivity contribution < 1.29 is 131 Å². The summed E-state index contributed by atoms with van der Waals surface area (Å²) in [6.07, 6.45) is 10.4. The molecule has 4 unspecified atom stereocenters. The van der Waals surface area contributed by atoms with Crippen molar-refractivity contribution in [1.29, 1.82) is 0 Å². The number of esters is 2. The van der Waals surface area contributed by atoms with Gasteiger partial charge in [-0.15, -0.1) is 12.4 Å². The Hall–Kier alpha value is -11.1. The summed E-state index contributed by atoms with van der Waals surface area (Å²) in [6.45, 7) is 19.2. The van der Waals surface area contributed by atoms with Gasteiger partial charge in [-0.3, -0.25) is 34.2 Å². The number of thioether (sulfide) groups is 1. The summed E-state index contributed by atoms with van der Waals surface area (Å²) in [7, 11) is -15.7. The molecule has 4 atom stereocenters. The Bertz CT molecular complexity index is 5460. The van der Waals surface area contributed by atoms with Crippen molar-refractivity contribution in [1.82, 2.24) is 50.8 Å². The molecule has 38 nitrogen and oxygen atoms in total. The van der Waals surface area contributed by atoms with Gasteiger partial charge >= 0.3 is 48.8 Å². The Balaban J connectivity index is 0.000000604. The number of hydrogen-bond donors (Lipinski definition) is 15. The largest absolute Gasteiger partial charge is 1.00 e. The molecule has 0 saturated heterocycles. The molecule has 11 rings (SSSR count). The van der Waals surface area contributed by atoms with E-state index in [2.05, 4.69) is 65.8 Å². The number of nitrogens with one attached hydrogen (secondary N) is 10. The molecule has 8 aromatic carbocycles. The van der Waals surface area contributed by atoms with Crippen molar-refractivity contribution in [3.05, 3.63) is 241 Å². The third kappa shape index (κ3) is 53.1. The third-order valence-electron chi connectivity index (χ3n) is 19.8. The van der Waals surface area contributed by atoms with Crippen molar-refractivity contribution in [2.75, 3.05) is 111 Å². The van der Waals surface area contributed by atoms with E-state index in [0.29, 0.717) is 78.8 Å². The summed E-state index contributed by atoms with van der Waals surface area (Å²) in [5, 5.41) is 56.2. The zero-order valence-corrected chi connectivity index (χ0v) is 86.8. The first-order valence-electron chi connectivity index (χ1n) is 46.3. The number of nitrogens with two attached hydrogens (primary N) is 1. The molecule has 3 heterocycles. The maximum atomic E-state index is 12.9. The number of amides is 1. The molecule has 0 spiro atoms. The van der Waals surface area contributed by atoms with Crippen LogP contribution in [0.5, 0.6) is 23.0 Å². The fourth-order valence-corrected chi connectivity index (χ4v) is 18.5. The fourth-order valence-electron chi connectivity index (χ4n) is 13.0. The quantitative estimate of drug-likeness (QED) is 0.00730. The molecule has 0 aliphatic carbocycles. The Morgan fingerprint density at radius 3 is 1.06 bits per heavy atom.